The maximum Gasteiger partial charge on any atom is 0.269 e. The lowest BCUT2D eigenvalue weighted by molar-refractivity contribution is -0.384. The molecule has 0 saturated heterocycles. The van der Waals surface area contributed by atoms with Crippen molar-refractivity contribution in [3.05, 3.63) is 86.6 Å². The van der Waals surface area contributed by atoms with E-state index in [2.05, 4.69) is 11.8 Å². The predicted molar refractivity (Wildman–Crippen MR) is 105 cm³/mol. The van der Waals surface area contributed by atoms with E-state index in [0.29, 0.717) is 41.0 Å². The van der Waals surface area contributed by atoms with Crippen molar-refractivity contribution in [2.75, 3.05) is 13.1 Å². The third kappa shape index (κ3) is 3.55. The molecule has 0 fully saturated rings. The van der Waals surface area contributed by atoms with E-state index in [9.17, 15) is 19.7 Å². The van der Waals surface area contributed by atoms with Crippen LogP contribution in [0, 0.1) is 22.0 Å². The summed E-state index contributed by atoms with van der Waals surface area (Å²) in [6, 6.07) is 10.9. The molecule has 6 nitrogen and oxygen atoms in total. The van der Waals surface area contributed by atoms with E-state index >= 15 is 0 Å². The van der Waals surface area contributed by atoms with Crippen LogP contribution in [0.4, 0.5) is 5.69 Å². The molecule has 1 aliphatic rings. The van der Waals surface area contributed by atoms with E-state index in [0.717, 1.165) is 0 Å². The van der Waals surface area contributed by atoms with E-state index in [4.69, 9.17) is 0 Å². The minimum atomic E-state index is -0.476. The minimum absolute atomic E-state index is 0.0163. The van der Waals surface area contributed by atoms with Crippen LogP contribution in [0.3, 0.4) is 0 Å². The van der Waals surface area contributed by atoms with Crippen LogP contribution in [0.1, 0.15) is 45.7 Å². The first-order valence-corrected chi connectivity index (χ1v) is 8.91. The zero-order chi connectivity index (χ0) is 20.3. The molecular formula is C22H18N2O4. The van der Waals surface area contributed by atoms with Crippen molar-refractivity contribution in [3.63, 3.8) is 0 Å². The van der Waals surface area contributed by atoms with Crippen molar-refractivity contribution in [1.29, 1.82) is 0 Å². The Bertz CT molecular complexity index is 1050. The molecule has 2 aromatic carbocycles. The van der Waals surface area contributed by atoms with Gasteiger partial charge in [-0.1, -0.05) is 24.0 Å². The average molecular weight is 374 g/mol. The Hall–Kier alpha value is -3.72. The molecule has 0 aromatic heterocycles. The van der Waals surface area contributed by atoms with Gasteiger partial charge < -0.3 is 4.90 Å². The number of fused-ring (bicyclic) bond motifs is 1. The first-order chi connectivity index (χ1) is 13.5. The van der Waals surface area contributed by atoms with Crippen molar-refractivity contribution in [3.8, 4) is 11.8 Å². The van der Waals surface area contributed by atoms with Crippen LogP contribution in [-0.4, -0.2) is 34.5 Å². The third-order valence-electron chi connectivity index (χ3n) is 4.58. The van der Waals surface area contributed by atoms with Crippen molar-refractivity contribution >= 4 is 17.3 Å². The Morgan fingerprint density at radius 1 is 1.00 bits per heavy atom. The van der Waals surface area contributed by atoms with Crippen LogP contribution in [-0.2, 0) is 0 Å². The summed E-state index contributed by atoms with van der Waals surface area (Å²) in [5, 5.41) is 10.7. The molecule has 0 radical (unpaired) electrons. The summed E-state index contributed by atoms with van der Waals surface area (Å²) >= 11 is 0. The Labute approximate surface area is 162 Å². The zero-order valence-corrected chi connectivity index (χ0v) is 15.6. The van der Waals surface area contributed by atoms with Gasteiger partial charge in [-0.25, -0.2) is 0 Å². The van der Waals surface area contributed by atoms with Crippen molar-refractivity contribution in [1.82, 2.24) is 4.90 Å². The largest absolute Gasteiger partial charge is 0.369 e. The van der Waals surface area contributed by atoms with Crippen LogP contribution in [0.15, 0.2) is 54.2 Å². The number of ketones is 2. The molecule has 3 rings (SSSR count). The van der Waals surface area contributed by atoms with Crippen LogP contribution < -0.4 is 0 Å². The number of rotatable bonds is 4. The van der Waals surface area contributed by atoms with E-state index in [1.165, 1.54) is 18.2 Å². The zero-order valence-electron chi connectivity index (χ0n) is 15.6. The van der Waals surface area contributed by atoms with Crippen molar-refractivity contribution in [2.24, 2.45) is 0 Å². The SMILES string of the molecule is CCN(CC)C1=CC(=O)c2cccc(C#Cc3ccc([N+](=O)[O-])cc3)c2C1=O. The Morgan fingerprint density at radius 2 is 1.68 bits per heavy atom. The Kier molecular flexibility index (Phi) is 5.37. The predicted octanol–water partition coefficient (Wildman–Crippen LogP) is 3.60. The smallest absolute Gasteiger partial charge is 0.269 e. The summed E-state index contributed by atoms with van der Waals surface area (Å²) in [4.78, 5) is 37.7. The molecular weight excluding hydrogens is 356 g/mol. The number of carbonyl (C=O) groups is 2. The van der Waals surface area contributed by atoms with Crippen LogP contribution >= 0.6 is 0 Å². The lowest BCUT2D eigenvalue weighted by Gasteiger charge is -2.26. The molecule has 0 N–H and O–H groups in total. The summed E-state index contributed by atoms with van der Waals surface area (Å²) < 4.78 is 0. The summed E-state index contributed by atoms with van der Waals surface area (Å²) in [6.07, 6.45) is 1.39. The molecule has 0 bridgehead atoms. The number of likely N-dealkylation sites (N-methyl/N-ethyl adjacent to an activating group) is 1. The van der Waals surface area contributed by atoms with E-state index in [-0.39, 0.29) is 17.3 Å². The molecule has 0 amide bonds. The molecule has 6 heteroatoms. The van der Waals surface area contributed by atoms with Gasteiger partial charge in [0.15, 0.2) is 5.78 Å². The normalized spacial score (nSPS) is 12.6. The minimum Gasteiger partial charge on any atom is -0.369 e. The summed E-state index contributed by atoms with van der Waals surface area (Å²) in [5.41, 5.74) is 2.07. The number of nitrogens with zero attached hydrogens (tertiary/aromatic N) is 2. The second kappa shape index (κ2) is 7.89. The standard InChI is InChI=1S/C22H18N2O4/c1-3-23(4-2)19-14-20(25)18-7-5-6-16(21(18)22(19)26)11-8-15-9-12-17(13-10-15)24(27)28/h5-7,9-10,12-14H,3-4H2,1-2H3. The number of nitro groups is 1. The molecule has 0 heterocycles. The number of nitro benzene ring substituents is 1. The fourth-order valence-corrected chi connectivity index (χ4v) is 3.11. The molecule has 0 atom stereocenters. The van der Waals surface area contributed by atoms with Crippen molar-refractivity contribution in [2.45, 2.75) is 13.8 Å². The maximum atomic E-state index is 13.1. The van der Waals surface area contributed by atoms with Gasteiger partial charge in [0.05, 0.1) is 16.2 Å². The summed E-state index contributed by atoms with van der Waals surface area (Å²) in [6.45, 7) is 5.09. The molecule has 140 valence electrons. The lowest BCUT2D eigenvalue weighted by Crippen LogP contribution is -2.31. The first kappa shape index (κ1) is 19.1. The molecule has 28 heavy (non-hydrogen) atoms. The van der Waals surface area contributed by atoms with Gasteiger partial charge in [0.2, 0.25) is 5.78 Å². The number of allylic oxidation sites excluding steroid dienone is 2. The Balaban J connectivity index is 2.02. The number of benzene rings is 2. The fraction of sp³-hybridized carbons (Fsp3) is 0.182. The van der Waals surface area contributed by atoms with Gasteiger partial charge in [0, 0.05) is 48.0 Å². The average Bonchev–Trinajstić information content (AvgIpc) is 2.71. The molecule has 0 unspecified atom stereocenters. The topological polar surface area (TPSA) is 80.5 Å². The van der Waals surface area contributed by atoms with Gasteiger partial charge in [-0.05, 0) is 32.0 Å². The first-order valence-electron chi connectivity index (χ1n) is 8.91. The van der Waals surface area contributed by atoms with Gasteiger partial charge in [-0.2, -0.15) is 0 Å². The van der Waals surface area contributed by atoms with Crippen LogP contribution in [0.2, 0.25) is 0 Å². The second-order valence-electron chi connectivity index (χ2n) is 6.18. The third-order valence-corrected chi connectivity index (χ3v) is 4.58. The highest BCUT2D eigenvalue weighted by molar-refractivity contribution is 6.25. The Morgan fingerprint density at radius 3 is 2.29 bits per heavy atom. The van der Waals surface area contributed by atoms with E-state index in [1.54, 1.807) is 30.3 Å². The highest BCUT2D eigenvalue weighted by Gasteiger charge is 2.29. The molecule has 0 saturated carbocycles. The number of hydrogen-bond donors (Lipinski definition) is 0. The maximum absolute atomic E-state index is 13.1. The second-order valence-corrected chi connectivity index (χ2v) is 6.18. The summed E-state index contributed by atoms with van der Waals surface area (Å²) in [7, 11) is 0. The number of non-ortho nitro benzene ring substituents is 1. The van der Waals surface area contributed by atoms with Crippen LogP contribution in [0.5, 0.6) is 0 Å². The fourth-order valence-electron chi connectivity index (χ4n) is 3.11. The van der Waals surface area contributed by atoms with Crippen LogP contribution in [0.25, 0.3) is 0 Å². The number of Topliss-reactive ketones (excluding diaryl/α,β-unsaturated/α-hetero) is 1. The molecule has 0 aliphatic heterocycles. The van der Waals surface area contributed by atoms with Gasteiger partial charge in [-0.15, -0.1) is 0 Å². The molecule has 2 aromatic rings. The number of hydrogen-bond acceptors (Lipinski definition) is 5. The highest BCUT2D eigenvalue weighted by atomic mass is 16.6. The quantitative estimate of drug-likeness (QED) is 0.464. The highest BCUT2D eigenvalue weighted by Crippen LogP contribution is 2.26. The monoisotopic (exact) mass is 374 g/mol. The lowest BCUT2D eigenvalue weighted by atomic mass is 9.88. The van der Waals surface area contributed by atoms with E-state index in [1.807, 2.05) is 18.7 Å². The summed E-state index contributed by atoms with van der Waals surface area (Å²) in [5.74, 6) is 5.43. The molecule has 1 aliphatic carbocycles. The van der Waals surface area contributed by atoms with Gasteiger partial charge in [0.25, 0.3) is 5.69 Å². The number of carbonyl (C=O) groups excluding carboxylic acids is 2. The van der Waals surface area contributed by atoms with Gasteiger partial charge in [-0.3, -0.25) is 19.7 Å². The van der Waals surface area contributed by atoms with E-state index < -0.39 is 4.92 Å². The van der Waals surface area contributed by atoms with Crippen molar-refractivity contribution < 1.29 is 14.5 Å². The molecule has 0 spiro atoms. The van der Waals surface area contributed by atoms with Gasteiger partial charge >= 0.3 is 0 Å². The van der Waals surface area contributed by atoms with Gasteiger partial charge in [0.1, 0.15) is 0 Å².